The lowest BCUT2D eigenvalue weighted by molar-refractivity contribution is -0.133. The van der Waals surface area contributed by atoms with Crippen LogP contribution in [0.1, 0.15) is 25.1 Å². The molecule has 2 aliphatic heterocycles. The standard InChI is InChI=1S/C23H22N2O5/c1-13-9-15-7-8-16(10-20(15)27-13)21-11-17(25-30-21)12-24-23(26)22-14(2)28-18-5-3-4-6-19(18)29-22/h3-8,10-11,13-14,22H,9,12H2,1-2H3,(H,24,26). The van der Waals surface area contributed by atoms with Crippen LogP contribution in [0.5, 0.6) is 17.2 Å². The summed E-state index contributed by atoms with van der Waals surface area (Å²) in [5.74, 6) is 2.46. The van der Waals surface area contributed by atoms with E-state index < -0.39 is 12.2 Å². The molecule has 0 saturated carbocycles. The summed E-state index contributed by atoms with van der Waals surface area (Å²) in [6, 6.07) is 15.1. The highest BCUT2D eigenvalue weighted by atomic mass is 16.6. The zero-order valence-corrected chi connectivity index (χ0v) is 16.8. The van der Waals surface area contributed by atoms with Crippen LogP contribution in [0.4, 0.5) is 0 Å². The maximum absolute atomic E-state index is 12.6. The van der Waals surface area contributed by atoms with Gasteiger partial charge in [0.1, 0.15) is 23.7 Å². The number of nitrogens with one attached hydrogen (secondary N) is 1. The molecule has 3 aromatic rings. The number of fused-ring (bicyclic) bond motifs is 2. The second-order valence-electron chi connectivity index (χ2n) is 7.66. The van der Waals surface area contributed by atoms with Gasteiger partial charge in [0.05, 0.1) is 6.54 Å². The number of aromatic nitrogens is 1. The molecule has 2 aliphatic rings. The van der Waals surface area contributed by atoms with Crippen LogP contribution in [-0.4, -0.2) is 29.4 Å². The van der Waals surface area contributed by atoms with Gasteiger partial charge in [-0.05, 0) is 37.6 Å². The van der Waals surface area contributed by atoms with E-state index in [-0.39, 0.29) is 18.6 Å². The summed E-state index contributed by atoms with van der Waals surface area (Å²) in [6.45, 7) is 4.09. The number of hydrogen-bond acceptors (Lipinski definition) is 6. The van der Waals surface area contributed by atoms with Crippen molar-refractivity contribution in [3.8, 4) is 28.6 Å². The Balaban J connectivity index is 1.23. The maximum Gasteiger partial charge on any atom is 0.265 e. The summed E-state index contributed by atoms with van der Waals surface area (Å²) in [7, 11) is 0. The largest absolute Gasteiger partial charge is 0.490 e. The molecule has 0 radical (unpaired) electrons. The molecule has 3 heterocycles. The smallest absolute Gasteiger partial charge is 0.265 e. The minimum Gasteiger partial charge on any atom is -0.490 e. The molecule has 2 aromatic carbocycles. The van der Waals surface area contributed by atoms with Gasteiger partial charge in [-0.3, -0.25) is 4.79 Å². The zero-order valence-electron chi connectivity index (χ0n) is 16.8. The van der Waals surface area contributed by atoms with Gasteiger partial charge in [-0.25, -0.2) is 0 Å². The van der Waals surface area contributed by atoms with Gasteiger partial charge in [-0.15, -0.1) is 0 Å². The van der Waals surface area contributed by atoms with E-state index in [1.807, 2.05) is 43.3 Å². The van der Waals surface area contributed by atoms with E-state index in [1.165, 1.54) is 5.56 Å². The van der Waals surface area contributed by atoms with Gasteiger partial charge in [-0.2, -0.15) is 0 Å². The summed E-state index contributed by atoms with van der Waals surface area (Å²) < 4.78 is 22.9. The number of hydrogen-bond donors (Lipinski definition) is 1. The summed E-state index contributed by atoms with van der Waals surface area (Å²) in [4.78, 5) is 12.6. The number of rotatable bonds is 4. The number of ether oxygens (including phenoxy) is 3. The van der Waals surface area contributed by atoms with E-state index in [0.29, 0.717) is 23.0 Å². The van der Waals surface area contributed by atoms with E-state index in [9.17, 15) is 4.79 Å². The highest BCUT2D eigenvalue weighted by Crippen LogP contribution is 2.34. The lowest BCUT2D eigenvalue weighted by Gasteiger charge is -2.30. The molecule has 7 heteroatoms. The van der Waals surface area contributed by atoms with E-state index in [2.05, 4.69) is 23.5 Å². The van der Waals surface area contributed by atoms with Crippen molar-refractivity contribution in [3.63, 3.8) is 0 Å². The lowest BCUT2D eigenvalue weighted by atomic mass is 10.1. The summed E-state index contributed by atoms with van der Waals surface area (Å²) in [5, 5.41) is 6.92. The van der Waals surface area contributed by atoms with Crippen LogP contribution in [0.25, 0.3) is 11.3 Å². The molecule has 30 heavy (non-hydrogen) atoms. The Hall–Kier alpha value is -3.48. The van der Waals surface area contributed by atoms with Crippen molar-refractivity contribution < 1.29 is 23.5 Å². The van der Waals surface area contributed by atoms with Crippen LogP contribution in [-0.2, 0) is 17.8 Å². The molecule has 0 spiro atoms. The Kier molecular flexibility index (Phi) is 4.58. The van der Waals surface area contributed by atoms with Gasteiger partial charge in [0.15, 0.2) is 17.3 Å². The Labute approximate surface area is 173 Å². The van der Waals surface area contributed by atoms with Crippen molar-refractivity contribution in [2.75, 3.05) is 0 Å². The van der Waals surface area contributed by atoms with Crippen LogP contribution in [0.15, 0.2) is 53.1 Å². The first-order valence-corrected chi connectivity index (χ1v) is 10.0. The normalized spacial score (nSPS) is 21.6. The Morgan fingerprint density at radius 3 is 2.67 bits per heavy atom. The number of carbonyl (C=O) groups is 1. The average molecular weight is 406 g/mol. The summed E-state index contributed by atoms with van der Waals surface area (Å²) >= 11 is 0. The number of benzene rings is 2. The Morgan fingerprint density at radius 2 is 1.83 bits per heavy atom. The van der Waals surface area contributed by atoms with Gasteiger partial charge in [0.2, 0.25) is 6.10 Å². The molecule has 3 atom stereocenters. The topological polar surface area (TPSA) is 82.8 Å². The first-order chi connectivity index (χ1) is 14.6. The number of nitrogens with zero attached hydrogens (tertiary/aromatic N) is 1. The number of carbonyl (C=O) groups excluding carboxylic acids is 1. The van der Waals surface area contributed by atoms with E-state index in [1.54, 1.807) is 6.07 Å². The van der Waals surface area contributed by atoms with Crippen molar-refractivity contribution in [2.45, 2.75) is 45.1 Å². The first kappa shape index (κ1) is 18.5. The summed E-state index contributed by atoms with van der Waals surface area (Å²) in [6.07, 6.45) is -0.0288. The van der Waals surface area contributed by atoms with Gasteiger partial charge in [-0.1, -0.05) is 29.4 Å². The second kappa shape index (κ2) is 7.40. The number of amides is 1. The third-order valence-corrected chi connectivity index (χ3v) is 5.29. The van der Waals surface area contributed by atoms with Gasteiger partial charge in [0, 0.05) is 18.1 Å². The van der Waals surface area contributed by atoms with Crippen LogP contribution >= 0.6 is 0 Å². The quantitative estimate of drug-likeness (QED) is 0.714. The van der Waals surface area contributed by atoms with Crippen molar-refractivity contribution >= 4 is 5.91 Å². The van der Waals surface area contributed by atoms with E-state index >= 15 is 0 Å². The molecular weight excluding hydrogens is 384 g/mol. The third kappa shape index (κ3) is 3.47. The van der Waals surface area contributed by atoms with Gasteiger partial charge >= 0.3 is 0 Å². The fraction of sp³-hybridized carbons (Fsp3) is 0.304. The lowest BCUT2D eigenvalue weighted by Crippen LogP contribution is -2.48. The van der Waals surface area contributed by atoms with Crippen molar-refractivity contribution in [1.29, 1.82) is 0 Å². The highest BCUT2D eigenvalue weighted by molar-refractivity contribution is 5.82. The SMILES string of the molecule is CC1Cc2ccc(-c3cc(CNC(=O)C4Oc5ccccc5OC4C)no3)cc2O1. The fourth-order valence-electron chi connectivity index (χ4n) is 3.77. The Bertz CT molecular complexity index is 1090. The minimum atomic E-state index is -0.734. The van der Waals surface area contributed by atoms with Crippen LogP contribution in [0, 0.1) is 0 Å². The molecule has 0 aliphatic carbocycles. The van der Waals surface area contributed by atoms with E-state index in [4.69, 9.17) is 18.7 Å². The van der Waals surface area contributed by atoms with Gasteiger partial charge in [0.25, 0.3) is 5.91 Å². The molecule has 0 saturated heterocycles. The minimum absolute atomic E-state index is 0.191. The van der Waals surface area contributed by atoms with Crippen LogP contribution in [0.2, 0.25) is 0 Å². The van der Waals surface area contributed by atoms with Crippen LogP contribution < -0.4 is 19.5 Å². The van der Waals surface area contributed by atoms with Crippen molar-refractivity contribution in [2.24, 2.45) is 0 Å². The average Bonchev–Trinajstić information content (AvgIpc) is 3.36. The third-order valence-electron chi connectivity index (χ3n) is 5.29. The maximum atomic E-state index is 12.6. The van der Waals surface area contributed by atoms with Gasteiger partial charge < -0.3 is 24.1 Å². The number of para-hydroxylation sites is 2. The molecule has 1 amide bonds. The van der Waals surface area contributed by atoms with Crippen molar-refractivity contribution in [3.05, 3.63) is 59.8 Å². The fourth-order valence-corrected chi connectivity index (χ4v) is 3.77. The van der Waals surface area contributed by atoms with Crippen LogP contribution in [0.3, 0.4) is 0 Å². The Morgan fingerprint density at radius 1 is 1.03 bits per heavy atom. The molecule has 1 N–H and O–H groups in total. The molecular formula is C23H22N2O5. The monoisotopic (exact) mass is 406 g/mol. The highest BCUT2D eigenvalue weighted by Gasteiger charge is 2.34. The molecule has 3 unspecified atom stereocenters. The molecule has 0 fully saturated rings. The first-order valence-electron chi connectivity index (χ1n) is 10.0. The second-order valence-corrected chi connectivity index (χ2v) is 7.66. The molecule has 5 rings (SSSR count). The van der Waals surface area contributed by atoms with E-state index in [0.717, 1.165) is 17.7 Å². The molecule has 1 aromatic heterocycles. The van der Waals surface area contributed by atoms with Crippen molar-refractivity contribution in [1.82, 2.24) is 10.5 Å². The molecule has 0 bridgehead atoms. The zero-order chi connectivity index (χ0) is 20.7. The predicted molar refractivity (Wildman–Crippen MR) is 109 cm³/mol. The predicted octanol–water partition coefficient (Wildman–Crippen LogP) is 3.51. The molecule has 7 nitrogen and oxygen atoms in total. The molecule has 154 valence electrons. The summed E-state index contributed by atoms with van der Waals surface area (Å²) in [5.41, 5.74) is 2.71.